The maximum atomic E-state index is 5.68. The van der Waals surface area contributed by atoms with Crippen LogP contribution in [0.5, 0.6) is 0 Å². The van der Waals surface area contributed by atoms with E-state index in [1.165, 1.54) is 12.8 Å². The van der Waals surface area contributed by atoms with E-state index >= 15 is 0 Å². The average molecular weight is 193 g/mol. The molecule has 2 atom stereocenters. The lowest BCUT2D eigenvalue weighted by Gasteiger charge is -2.29. The van der Waals surface area contributed by atoms with Gasteiger partial charge in [0.2, 0.25) is 5.95 Å². The molecule has 14 heavy (non-hydrogen) atoms. The van der Waals surface area contributed by atoms with Gasteiger partial charge in [-0.15, -0.1) is 0 Å². The van der Waals surface area contributed by atoms with Gasteiger partial charge in [0.25, 0.3) is 0 Å². The van der Waals surface area contributed by atoms with E-state index in [1.54, 1.807) is 0 Å². The second-order valence-electron chi connectivity index (χ2n) is 4.04. The summed E-state index contributed by atoms with van der Waals surface area (Å²) in [6, 6.07) is 0.465. The van der Waals surface area contributed by atoms with Gasteiger partial charge in [0.05, 0.1) is 12.1 Å². The Labute approximate surface area is 83.3 Å². The third-order valence-electron chi connectivity index (χ3n) is 3.12. The molecule has 0 spiro atoms. The molecule has 3 heterocycles. The lowest BCUT2D eigenvalue weighted by molar-refractivity contribution is 0.0896. The summed E-state index contributed by atoms with van der Waals surface area (Å²) < 4.78 is 7.84. The van der Waals surface area contributed by atoms with Crippen LogP contribution >= 0.6 is 0 Å². The fourth-order valence-electron chi connectivity index (χ4n) is 2.34. The normalized spacial score (nSPS) is 31.1. The highest BCUT2D eigenvalue weighted by atomic mass is 16.5. The lowest BCUT2D eigenvalue weighted by atomic mass is 10.0. The first-order valence-electron chi connectivity index (χ1n) is 5.33. The minimum Gasteiger partial charge on any atom is -0.376 e. The number of anilines is 1. The molecule has 2 unspecified atom stereocenters. The largest absolute Gasteiger partial charge is 0.376 e. The summed E-state index contributed by atoms with van der Waals surface area (Å²) in [5.41, 5.74) is 0. The number of nitrogens with zero attached hydrogens (tertiary/aromatic N) is 2. The quantitative estimate of drug-likeness (QED) is 0.729. The molecule has 2 aliphatic rings. The third kappa shape index (κ3) is 1.30. The van der Waals surface area contributed by atoms with Crippen LogP contribution in [0.1, 0.15) is 19.3 Å². The van der Waals surface area contributed by atoms with Gasteiger partial charge < -0.3 is 14.6 Å². The molecule has 0 amide bonds. The monoisotopic (exact) mass is 193 g/mol. The Bertz CT molecular complexity index is 317. The fourth-order valence-corrected chi connectivity index (χ4v) is 2.34. The highest BCUT2D eigenvalue weighted by molar-refractivity contribution is 5.30. The van der Waals surface area contributed by atoms with E-state index in [0.717, 1.165) is 25.5 Å². The van der Waals surface area contributed by atoms with Gasteiger partial charge in [0, 0.05) is 25.5 Å². The molecule has 76 valence electrons. The van der Waals surface area contributed by atoms with Gasteiger partial charge in [-0.1, -0.05) is 0 Å². The molecule has 1 saturated heterocycles. The fraction of sp³-hybridized carbons (Fsp3) is 0.700. The van der Waals surface area contributed by atoms with Crippen molar-refractivity contribution in [2.75, 3.05) is 11.9 Å². The van der Waals surface area contributed by atoms with Crippen molar-refractivity contribution >= 4 is 5.95 Å². The van der Waals surface area contributed by atoms with Crippen molar-refractivity contribution in [3.8, 4) is 0 Å². The number of rotatable bonds is 1. The van der Waals surface area contributed by atoms with Crippen LogP contribution in [0.25, 0.3) is 0 Å². The molecule has 0 bridgehead atoms. The van der Waals surface area contributed by atoms with Crippen LogP contribution in [0.2, 0.25) is 0 Å². The van der Waals surface area contributed by atoms with E-state index in [-0.39, 0.29) is 0 Å². The lowest BCUT2D eigenvalue weighted by Crippen LogP contribution is -2.38. The second kappa shape index (κ2) is 3.28. The maximum Gasteiger partial charge on any atom is 0.203 e. The van der Waals surface area contributed by atoms with Crippen LogP contribution in [0, 0.1) is 0 Å². The number of hydrogen-bond donors (Lipinski definition) is 1. The summed E-state index contributed by atoms with van der Waals surface area (Å²) in [7, 11) is 0. The molecule has 2 aliphatic heterocycles. The summed E-state index contributed by atoms with van der Waals surface area (Å²) >= 11 is 0. The van der Waals surface area contributed by atoms with Gasteiger partial charge in [0.15, 0.2) is 0 Å². The Balaban J connectivity index is 1.74. The summed E-state index contributed by atoms with van der Waals surface area (Å²) in [4.78, 5) is 4.27. The molecule has 1 aromatic rings. The molecule has 0 aliphatic carbocycles. The zero-order valence-corrected chi connectivity index (χ0v) is 8.15. The van der Waals surface area contributed by atoms with Crippen LogP contribution in [-0.2, 0) is 11.3 Å². The summed E-state index contributed by atoms with van der Waals surface area (Å²) in [6.45, 7) is 1.99. The van der Waals surface area contributed by atoms with Gasteiger partial charge in [-0.05, 0) is 19.3 Å². The van der Waals surface area contributed by atoms with Crippen molar-refractivity contribution in [1.29, 1.82) is 0 Å². The van der Waals surface area contributed by atoms with E-state index in [1.807, 2.05) is 12.4 Å². The van der Waals surface area contributed by atoms with E-state index in [4.69, 9.17) is 4.74 Å². The Hall–Kier alpha value is -1.03. The molecule has 0 aromatic carbocycles. The average Bonchev–Trinajstić information content (AvgIpc) is 2.88. The molecular formula is C10H15N3O. The highest BCUT2D eigenvalue weighted by Gasteiger charge is 2.29. The van der Waals surface area contributed by atoms with Gasteiger partial charge in [0.1, 0.15) is 0 Å². The molecule has 4 heteroatoms. The summed E-state index contributed by atoms with van der Waals surface area (Å²) in [5, 5.41) is 3.45. The van der Waals surface area contributed by atoms with Crippen LogP contribution in [0.4, 0.5) is 5.95 Å². The van der Waals surface area contributed by atoms with E-state index < -0.39 is 0 Å². The smallest absolute Gasteiger partial charge is 0.203 e. The first kappa shape index (κ1) is 8.29. The maximum absolute atomic E-state index is 5.68. The zero-order valence-electron chi connectivity index (χ0n) is 8.15. The Morgan fingerprint density at radius 3 is 3.36 bits per heavy atom. The molecule has 4 nitrogen and oxygen atoms in total. The Morgan fingerprint density at radius 2 is 2.50 bits per heavy atom. The third-order valence-corrected chi connectivity index (χ3v) is 3.12. The number of aryl methyl sites for hydroxylation is 1. The van der Waals surface area contributed by atoms with Crippen molar-refractivity contribution in [1.82, 2.24) is 9.55 Å². The number of fused-ring (bicyclic) bond motifs is 1. The minimum absolute atomic E-state index is 0.403. The van der Waals surface area contributed by atoms with Gasteiger partial charge >= 0.3 is 0 Å². The number of imidazole rings is 1. The van der Waals surface area contributed by atoms with Crippen LogP contribution in [-0.4, -0.2) is 28.3 Å². The SMILES string of the molecule is c1cn2c(n1)NC(C1CCCO1)CC2. The Kier molecular flexibility index (Phi) is 1.94. The molecule has 3 rings (SSSR count). The highest BCUT2D eigenvalue weighted by Crippen LogP contribution is 2.24. The van der Waals surface area contributed by atoms with Crippen LogP contribution < -0.4 is 5.32 Å². The topological polar surface area (TPSA) is 39.1 Å². The first-order chi connectivity index (χ1) is 6.93. The van der Waals surface area contributed by atoms with Crippen molar-refractivity contribution in [2.24, 2.45) is 0 Å². The number of hydrogen-bond acceptors (Lipinski definition) is 3. The predicted octanol–water partition coefficient (Wildman–Crippen LogP) is 1.25. The molecule has 1 aromatic heterocycles. The van der Waals surface area contributed by atoms with E-state index in [2.05, 4.69) is 14.9 Å². The zero-order chi connectivity index (χ0) is 9.38. The van der Waals surface area contributed by atoms with E-state index in [9.17, 15) is 0 Å². The van der Waals surface area contributed by atoms with Crippen LogP contribution in [0.3, 0.4) is 0 Å². The molecular weight excluding hydrogens is 178 g/mol. The van der Waals surface area contributed by atoms with Crippen molar-refractivity contribution in [3.05, 3.63) is 12.4 Å². The number of aromatic nitrogens is 2. The van der Waals surface area contributed by atoms with Gasteiger partial charge in [-0.2, -0.15) is 0 Å². The summed E-state index contributed by atoms with van der Waals surface area (Å²) in [5.74, 6) is 0.997. The predicted molar refractivity (Wildman–Crippen MR) is 53.2 cm³/mol. The first-order valence-corrected chi connectivity index (χ1v) is 5.33. The molecule has 0 radical (unpaired) electrons. The van der Waals surface area contributed by atoms with E-state index in [0.29, 0.717) is 12.1 Å². The van der Waals surface area contributed by atoms with Crippen molar-refractivity contribution in [3.63, 3.8) is 0 Å². The summed E-state index contributed by atoms with van der Waals surface area (Å²) in [6.07, 6.45) is 7.82. The van der Waals surface area contributed by atoms with Crippen molar-refractivity contribution in [2.45, 2.75) is 38.0 Å². The van der Waals surface area contributed by atoms with Crippen molar-refractivity contribution < 1.29 is 4.74 Å². The van der Waals surface area contributed by atoms with Gasteiger partial charge in [-0.3, -0.25) is 0 Å². The van der Waals surface area contributed by atoms with Gasteiger partial charge in [-0.25, -0.2) is 4.98 Å². The minimum atomic E-state index is 0.403. The number of nitrogens with one attached hydrogen (secondary N) is 1. The standard InChI is InChI=1S/C10H15N3O/c1-2-9(14-7-1)8-3-5-13-6-4-11-10(13)12-8/h4,6,8-9H,1-3,5,7H2,(H,11,12). The molecule has 1 fully saturated rings. The Morgan fingerprint density at radius 1 is 1.50 bits per heavy atom. The molecule has 0 saturated carbocycles. The van der Waals surface area contributed by atoms with Crippen LogP contribution in [0.15, 0.2) is 12.4 Å². The second-order valence-corrected chi connectivity index (χ2v) is 4.04. The molecule has 1 N–H and O–H groups in total. The number of ether oxygens (including phenoxy) is 1.